The van der Waals surface area contributed by atoms with Crippen LogP contribution in [0.3, 0.4) is 0 Å². The Kier molecular flexibility index (Phi) is 7.14. The highest BCUT2D eigenvalue weighted by molar-refractivity contribution is 5.80. The van der Waals surface area contributed by atoms with Crippen molar-refractivity contribution in [1.82, 2.24) is 15.1 Å². The zero-order chi connectivity index (χ0) is 20.9. The third-order valence-electron chi connectivity index (χ3n) is 6.79. The van der Waals surface area contributed by atoms with Crippen LogP contribution in [-0.4, -0.2) is 54.5 Å². The molecular weight excluding hydrogens is 369 g/mol. The van der Waals surface area contributed by atoms with Gasteiger partial charge in [-0.25, -0.2) is 9.18 Å². The maximum atomic E-state index is 13.3. The fraction of sp³-hybridized carbons (Fsp3) is 0.652. The monoisotopic (exact) mass is 403 g/mol. The maximum Gasteiger partial charge on any atom is 0.319 e. The third-order valence-corrected chi connectivity index (χ3v) is 6.79. The highest BCUT2D eigenvalue weighted by Crippen LogP contribution is 2.40. The number of hydrogen-bond acceptors (Lipinski definition) is 2. The number of benzene rings is 1. The molecule has 29 heavy (non-hydrogen) atoms. The van der Waals surface area contributed by atoms with E-state index in [4.69, 9.17) is 0 Å². The van der Waals surface area contributed by atoms with Gasteiger partial charge in [0.2, 0.25) is 5.91 Å². The van der Waals surface area contributed by atoms with Gasteiger partial charge >= 0.3 is 6.03 Å². The number of likely N-dealkylation sites (tertiary alicyclic amines) is 1. The maximum absolute atomic E-state index is 13.3. The molecule has 3 rings (SSSR count). The molecule has 1 aliphatic heterocycles. The Morgan fingerprint density at radius 1 is 1.10 bits per heavy atom. The number of urea groups is 1. The number of halogens is 1. The van der Waals surface area contributed by atoms with Crippen LogP contribution in [0.4, 0.5) is 9.18 Å². The van der Waals surface area contributed by atoms with Crippen LogP contribution in [0.1, 0.15) is 57.9 Å². The van der Waals surface area contributed by atoms with Gasteiger partial charge in [0.1, 0.15) is 5.82 Å². The van der Waals surface area contributed by atoms with Crippen molar-refractivity contribution in [1.29, 1.82) is 0 Å². The largest absolute Gasteiger partial charge is 0.355 e. The molecule has 0 atom stereocenters. The second kappa shape index (κ2) is 9.59. The lowest BCUT2D eigenvalue weighted by atomic mass is 9.78. The molecule has 0 radical (unpaired) electrons. The van der Waals surface area contributed by atoms with Crippen LogP contribution in [0.5, 0.6) is 0 Å². The number of nitrogens with one attached hydrogen (secondary N) is 1. The van der Waals surface area contributed by atoms with Crippen molar-refractivity contribution in [3.63, 3.8) is 0 Å². The van der Waals surface area contributed by atoms with Crippen LogP contribution < -0.4 is 5.32 Å². The van der Waals surface area contributed by atoms with E-state index >= 15 is 0 Å². The molecule has 1 N–H and O–H groups in total. The van der Waals surface area contributed by atoms with Crippen molar-refractivity contribution in [3.8, 4) is 0 Å². The number of carbonyl (C=O) groups is 2. The second-order valence-electron chi connectivity index (χ2n) is 8.43. The number of nitrogens with zero attached hydrogens (tertiary/aromatic N) is 2. The van der Waals surface area contributed by atoms with Gasteiger partial charge in [-0.15, -0.1) is 0 Å². The van der Waals surface area contributed by atoms with Crippen molar-refractivity contribution in [2.24, 2.45) is 5.92 Å². The van der Waals surface area contributed by atoms with E-state index in [1.165, 1.54) is 12.1 Å². The normalized spacial score (nSPS) is 19.2. The molecule has 1 aliphatic carbocycles. The van der Waals surface area contributed by atoms with Crippen molar-refractivity contribution >= 4 is 11.9 Å². The summed E-state index contributed by atoms with van der Waals surface area (Å²) in [5.74, 6) is -0.173. The number of piperidine rings is 1. The molecule has 1 saturated carbocycles. The molecule has 5 nitrogen and oxygen atoms in total. The number of rotatable bonds is 6. The van der Waals surface area contributed by atoms with Crippen LogP contribution in [0, 0.1) is 11.7 Å². The van der Waals surface area contributed by atoms with Gasteiger partial charge in [0.25, 0.3) is 0 Å². The van der Waals surface area contributed by atoms with Gasteiger partial charge in [0.05, 0.1) is 0 Å². The Labute approximate surface area is 173 Å². The quantitative estimate of drug-likeness (QED) is 0.783. The SMILES string of the molecule is CCN(CC)C(=O)N1CCC(C(=O)NCC2(c3ccc(F)cc3)CCCC2)CC1. The van der Waals surface area contributed by atoms with Crippen LogP contribution >= 0.6 is 0 Å². The Balaban J connectivity index is 1.54. The number of amides is 3. The molecule has 2 fully saturated rings. The lowest BCUT2D eigenvalue weighted by molar-refractivity contribution is -0.126. The van der Waals surface area contributed by atoms with Crippen LogP contribution in [0.25, 0.3) is 0 Å². The summed E-state index contributed by atoms with van der Waals surface area (Å²) in [5.41, 5.74) is 1.04. The molecule has 3 amide bonds. The van der Waals surface area contributed by atoms with E-state index in [9.17, 15) is 14.0 Å². The van der Waals surface area contributed by atoms with Crippen molar-refractivity contribution in [2.75, 3.05) is 32.7 Å². The summed E-state index contributed by atoms with van der Waals surface area (Å²) in [7, 11) is 0. The Bertz CT molecular complexity index is 689. The van der Waals surface area contributed by atoms with Gasteiger partial charge in [-0.05, 0) is 57.2 Å². The van der Waals surface area contributed by atoms with E-state index in [1.54, 1.807) is 0 Å². The van der Waals surface area contributed by atoms with E-state index in [0.717, 1.165) is 31.2 Å². The fourth-order valence-electron chi connectivity index (χ4n) is 4.85. The summed E-state index contributed by atoms with van der Waals surface area (Å²) in [4.78, 5) is 29.0. The van der Waals surface area contributed by atoms with Gasteiger partial charge in [-0.3, -0.25) is 4.79 Å². The lowest BCUT2D eigenvalue weighted by Crippen LogP contribution is -2.49. The predicted octanol–water partition coefficient (Wildman–Crippen LogP) is 3.93. The standard InChI is InChI=1S/C23H34FN3O2/c1-3-26(4-2)22(29)27-15-11-18(12-16-27)21(28)25-17-23(13-5-6-14-23)19-7-9-20(24)10-8-19/h7-10,18H,3-6,11-17H2,1-2H3,(H,25,28). The molecule has 1 aromatic carbocycles. The minimum Gasteiger partial charge on any atom is -0.355 e. The van der Waals surface area contributed by atoms with E-state index in [1.807, 2.05) is 35.8 Å². The van der Waals surface area contributed by atoms with Gasteiger partial charge in [-0.1, -0.05) is 25.0 Å². The Morgan fingerprint density at radius 2 is 1.69 bits per heavy atom. The lowest BCUT2D eigenvalue weighted by Gasteiger charge is -2.35. The molecule has 6 heteroatoms. The highest BCUT2D eigenvalue weighted by Gasteiger charge is 2.37. The average molecular weight is 404 g/mol. The molecular formula is C23H34FN3O2. The summed E-state index contributed by atoms with van der Waals surface area (Å²) in [6.45, 7) is 7.27. The fourth-order valence-corrected chi connectivity index (χ4v) is 4.85. The molecule has 0 spiro atoms. The summed E-state index contributed by atoms with van der Waals surface area (Å²) < 4.78 is 13.3. The van der Waals surface area contributed by atoms with Gasteiger partial charge < -0.3 is 15.1 Å². The van der Waals surface area contributed by atoms with E-state index in [-0.39, 0.29) is 29.1 Å². The molecule has 2 aliphatic rings. The number of carbonyl (C=O) groups excluding carboxylic acids is 2. The molecule has 1 aromatic rings. The highest BCUT2D eigenvalue weighted by atomic mass is 19.1. The van der Waals surface area contributed by atoms with Crippen LogP contribution in [0.15, 0.2) is 24.3 Å². The van der Waals surface area contributed by atoms with Crippen LogP contribution in [-0.2, 0) is 10.2 Å². The summed E-state index contributed by atoms with van der Waals surface area (Å²) in [6, 6.07) is 6.84. The van der Waals surface area contributed by atoms with Gasteiger partial charge in [-0.2, -0.15) is 0 Å². The first-order valence-electron chi connectivity index (χ1n) is 11.1. The Morgan fingerprint density at radius 3 is 2.24 bits per heavy atom. The molecule has 0 aromatic heterocycles. The second-order valence-corrected chi connectivity index (χ2v) is 8.43. The first kappa shape index (κ1) is 21.6. The summed E-state index contributed by atoms with van der Waals surface area (Å²) in [6.07, 6.45) is 5.74. The van der Waals surface area contributed by atoms with Gasteiger partial charge in [0.15, 0.2) is 0 Å². The number of hydrogen-bond donors (Lipinski definition) is 1. The van der Waals surface area contributed by atoms with Gasteiger partial charge in [0, 0.05) is 44.1 Å². The molecule has 1 saturated heterocycles. The van der Waals surface area contributed by atoms with E-state index in [0.29, 0.717) is 45.6 Å². The molecule has 0 bridgehead atoms. The molecule has 0 unspecified atom stereocenters. The molecule has 1 heterocycles. The minimum atomic E-state index is -0.225. The average Bonchev–Trinajstić information content (AvgIpc) is 3.23. The summed E-state index contributed by atoms with van der Waals surface area (Å²) in [5, 5.41) is 3.19. The Hall–Kier alpha value is -2.11. The zero-order valence-electron chi connectivity index (χ0n) is 17.8. The van der Waals surface area contributed by atoms with Crippen molar-refractivity contribution in [3.05, 3.63) is 35.6 Å². The van der Waals surface area contributed by atoms with E-state index in [2.05, 4.69) is 5.32 Å². The van der Waals surface area contributed by atoms with Crippen molar-refractivity contribution < 1.29 is 14.0 Å². The topological polar surface area (TPSA) is 52.7 Å². The zero-order valence-corrected chi connectivity index (χ0v) is 17.8. The van der Waals surface area contributed by atoms with Crippen LogP contribution in [0.2, 0.25) is 0 Å². The molecule has 160 valence electrons. The first-order chi connectivity index (χ1) is 14.0. The first-order valence-corrected chi connectivity index (χ1v) is 11.1. The smallest absolute Gasteiger partial charge is 0.319 e. The minimum absolute atomic E-state index is 0.0394. The van der Waals surface area contributed by atoms with E-state index < -0.39 is 0 Å². The predicted molar refractivity (Wildman–Crippen MR) is 112 cm³/mol. The third kappa shape index (κ3) is 4.90. The van der Waals surface area contributed by atoms with Crippen molar-refractivity contribution in [2.45, 2.75) is 57.8 Å². The summed E-state index contributed by atoms with van der Waals surface area (Å²) >= 11 is 0.